The number of terminal acetylenes is 1. The number of methoxy groups -OCH3 is 1. The zero-order chi connectivity index (χ0) is 11.3. The first kappa shape index (κ1) is 13.0. The summed E-state index contributed by atoms with van der Waals surface area (Å²) in [5.41, 5.74) is 0. The van der Waals surface area contributed by atoms with E-state index in [0.29, 0.717) is 6.61 Å². The molecule has 0 aliphatic heterocycles. The Bertz CT molecular complexity index is 226. The van der Waals surface area contributed by atoms with E-state index in [0.717, 1.165) is 12.8 Å². The Morgan fingerprint density at radius 3 is 2.73 bits per heavy atom. The van der Waals surface area contributed by atoms with E-state index in [9.17, 15) is 5.11 Å². The first-order valence-corrected chi connectivity index (χ1v) is 5.97. The van der Waals surface area contributed by atoms with Gasteiger partial charge < -0.3 is 14.6 Å². The number of hydrogen-bond acceptors (Lipinski definition) is 3. The Morgan fingerprint density at radius 2 is 2.20 bits per heavy atom. The molecule has 4 unspecified atom stereocenters. The summed E-state index contributed by atoms with van der Waals surface area (Å²) in [7, 11) is 1.67. The van der Waals surface area contributed by atoms with Crippen molar-refractivity contribution in [3.63, 3.8) is 0 Å². The minimum absolute atomic E-state index is 0.0261. The van der Waals surface area contributed by atoms with Crippen molar-refractivity contribution in [3.8, 4) is 12.3 Å². The molecule has 0 bridgehead atoms. The molecular formula is C11H17BrO3. The van der Waals surface area contributed by atoms with Gasteiger partial charge in [0.1, 0.15) is 6.61 Å². The molecule has 0 spiro atoms. The van der Waals surface area contributed by atoms with Crippen molar-refractivity contribution in [1.82, 2.24) is 0 Å². The summed E-state index contributed by atoms with van der Waals surface area (Å²) < 4.78 is 10.9. The van der Waals surface area contributed by atoms with Crippen LogP contribution in [0.4, 0.5) is 0 Å². The van der Waals surface area contributed by atoms with Crippen molar-refractivity contribution in [2.75, 3.05) is 20.3 Å². The van der Waals surface area contributed by atoms with Crippen LogP contribution in [0.25, 0.3) is 0 Å². The highest BCUT2D eigenvalue weighted by molar-refractivity contribution is 9.09. The molecule has 15 heavy (non-hydrogen) atoms. The first-order chi connectivity index (χ1) is 7.22. The van der Waals surface area contributed by atoms with Crippen molar-refractivity contribution in [2.45, 2.75) is 29.9 Å². The fourth-order valence-corrected chi connectivity index (χ4v) is 2.68. The Morgan fingerprint density at radius 1 is 1.47 bits per heavy atom. The van der Waals surface area contributed by atoms with Gasteiger partial charge in [0.05, 0.1) is 12.2 Å². The van der Waals surface area contributed by atoms with Gasteiger partial charge in [-0.15, -0.1) is 6.42 Å². The third kappa shape index (κ3) is 3.46. The highest BCUT2D eigenvalue weighted by atomic mass is 79.9. The Kier molecular flexibility index (Phi) is 5.62. The van der Waals surface area contributed by atoms with Gasteiger partial charge in [-0.3, -0.25) is 0 Å². The number of halogens is 1. The van der Waals surface area contributed by atoms with Crippen LogP contribution in [0.2, 0.25) is 0 Å². The molecule has 0 saturated heterocycles. The normalized spacial score (nSPS) is 36.1. The zero-order valence-electron chi connectivity index (χ0n) is 8.86. The molecule has 1 fully saturated rings. The molecule has 0 amide bonds. The maximum Gasteiger partial charge on any atom is 0.107 e. The minimum Gasteiger partial charge on any atom is -0.396 e. The maximum absolute atomic E-state index is 9.18. The smallest absolute Gasteiger partial charge is 0.107 e. The maximum atomic E-state index is 9.18. The van der Waals surface area contributed by atoms with E-state index in [4.69, 9.17) is 15.9 Å². The number of aliphatic hydroxyl groups is 1. The molecule has 0 aromatic heterocycles. The van der Waals surface area contributed by atoms with Gasteiger partial charge in [-0.1, -0.05) is 21.9 Å². The highest BCUT2D eigenvalue weighted by Gasteiger charge is 2.36. The number of aliphatic hydroxyl groups excluding tert-OH is 1. The van der Waals surface area contributed by atoms with Crippen LogP contribution in [0.1, 0.15) is 12.8 Å². The molecule has 86 valence electrons. The lowest BCUT2D eigenvalue weighted by molar-refractivity contribution is -0.0808. The zero-order valence-corrected chi connectivity index (χ0v) is 10.4. The van der Waals surface area contributed by atoms with Crippen molar-refractivity contribution in [3.05, 3.63) is 0 Å². The fraction of sp³-hybridized carbons (Fsp3) is 0.818. The van der Waals surface area contributed by atoms with Gasteiger partial charge in [0.25, 0.3) is 0 Å². The predicted octanol–water partition coefficient (Wildman–Crippen LogP) is 1.19. The largest absolute Gasteiger partial charge is 0.396 e. The number of rotatable bonds is 4. The summed E-state index contributed by atoms with van der Waals surface area (Å²) in [5, 5.41) is 9.18. The lowest BCUT2D eigenvalue weighted by atomic mass is 9.85. The van der Waals surface area contributed by atoms with Crippen LogP contribution in [0.3, 0.4) is 0 Å². The van der Waals surface area contributed by atoms with E-state index in [1.165, 1.54) is 0 Å². The molecular weight excluding hydrogens is 260 g/mol. The molecule has 1 aliphatic rings. The van der Waals surface area contributed by atoms with Crippen LogP contribution in [0, 0.1) is 18.3 Å². The minimum atomic E-state index is 0.0261. The average molecular weight is 277 g/mol. The summed E-state index contributed by atoms with van der Waals surface area (Å²) in [4.78, 5) is 0.275. The summed E-state index contributed by atoms with van der Waals surface area (Å²) in [6.07, 6.45) is 6.84. The molecule has 3 nitrogen and oxygen atoms in total. The number of hydrogen-bond donors (Lipinski definition) is 1. The Hall–Kier alpha value is -0.0800. The van der Waals surface area contributed by atoms with E-state index in [1.54, 1.807) is 7.11 Å². The lowest BCUT2D eigenvalue weighted by Gasteiger charge is -2.37. The average Bonchev–Trinajstić information content (AvgIpc) is 2.26. The van der Waals surface area contributed by atoms with Gasteiger partial charge in [0, 0.05) is 18.5 Å². The van der Waals surface area contributed by atoms with Gasteiger partial charge in [-0.25, -0.2) is 0 Å². The first-order valence-electron chi connectivity index (χ1n) is 5.05. The van der Waals surface area contributed by atoms with Crippen LogP contribution >= 0.6 is 15.9 Å². The number of ether oxygens (including phenoxy) is 2. The number of alkyl halides is 1. The molecule has 1 saturated carbocycles. The van der Waals surface area contributed by atoms with Crippen molar-refractivity contribution in [2.24, 2.45) is 5.92 Å². The topological polar surface area (TPSA) is 38.7 Å². The second-order valence-corrected chi connectivity index (χ2v) is 4.93. The van der Waals surface area contributed by atoms with Crippen LogP contribution in [-0.4, -0.2) is 42.5 Å². The van der Waals surface area contributed by atoms with Crippen LogP contribution in [-0.2, 0) is 9.47 Å². The second-order valence-electron chi connectivity index (χ2n) is 3.76. The van der Waals surface area contributed by atoms with Crippen LogP contribution in [0.5, 0.6) is 0 Å². The summed E-state index contributed by atoms with van der Waals surface area (Å²) >= 11 is 3.56. The lowest BCUT2D eigenvalue weighted by Crippen LogP contribution is -2.43. The molecule has 4 heteroatoms. The van der Waals surface area contributed by atoms with Gasteiger partial charge >= 0.3 is 0 Å². The van der Waals surface area contributed by atoms with Crippen molar-refractivity contribution < 1.29 is 14.6 Å². The van der Waals surface area contributed by atoms with Crippen LogP contribution < -0.4 is 0 Å². The monoisotopic (exact) mass is 276 g/mol. The van der Waals surface area contributed by atoms with E-state index >= 15 is 0 Å². The molecule has 1 rings (SSSR count). The van der Waals surface area contributed by atoms with E-state index in [2.05, 4.69) is 21.9 Å². The molecule has 1 aliphatic carbocycles. The SMILES string of the molecule is C#CCOC1CC(Br)C(CO)CC1OC. The molecule has 0 heterocycles. The molecule has 1 N–H and O–H groups in total. The Balaban J connectivity index is 2.53. The highest BCUT2D eigenvalue weighted by Crippen LogP contribution is 2.33. The summed E-state index contributed by atoms with van der Waals surface area (Å²) in [6, 6.07) is 0. The summed E-state index contributed by atoms with van der Waals surface area (Å²) in [5.74, 6) is 2.69. The third-order valence-corrected chi connectivity index (χ3v) is 3.96. The van der Waals surface area contributed by atoms with Crippen LogP contribution in [0.15, 0.2) is 0 Å². The van der Waals surface area contributed by atoms with Gasteiger partial charge in [0.2, 0.25) is 0 Å². The summed E-state index contributed by atoms with van der Waals surface area (Å²) in [6.45, 7) is 0.492. The van der Waals surface area contributed by atoms with Crippen molar-refractivity contribution in [1.29, 1.82) is 0 Å². The van der Waals surface area contributed by atoms with E-state index in [1.807, 2.05) is 0 Å². The fourth-order valence-electron chi connectivity index (χ4n) is 1.93. The van der Waals surface area contributed by atoms with Gasteiger partial charge in [-0.2, -0.15) is 0 Å². The predicted molar refractivity (Wildman–Crippen MR) is 61.9 cm³/mol. The van der Waals surface area contributed by atoms with E-state index < -0.39 is 0 Å². The van der Waals surface area contributed by atoms with Gasteiger partial charge in [0.15, 0.2) is 0 Å². The molecule has 0 radical (unpaired) electrons. The van der Waals surface area contributed by atoms with Gasteiger partial charge in [-0.05, 0) is 18.8 Å². The Labute approximate surface area is 99.3 Å². The third-order valence-electron chi connectivity index (χ3n) is 2.84. The molecule has 0 aromatic carbocycles. The molecule has 0 aromatic rings. The van der Waals surface area contributed by atoms with Crippen molar-refractivity contribution >= 4 is 15.9 Å². The second kappa shape index (κ2) is 6.49. The standard InChI is InChI=1S/C11H17BrO3/c1-3-4-15-11-6-9(12)8(7-13)5-10(11)14-2/h1,8-11,13H,4-7H2,2H3. The van der Waals surface area contributed by atoms with E-state index in [-0.39, 0.29) is 29.6 Å². The quantitative estimate of drug-likeness (QED) is 0.619. The molecule has 4 atom stereocenters.